The molecule has 11 nitrogen and oxygen atoms in total. The summed E-state index contributed by atoms with van der Waals surface area (Å²) in [6.45, 7) is 1.09. The van der Waals surface area contributed by atoms with E-state index < -0.39 is 49.0 Å². The first kappa shape index (κ1) is 46.9. The maximum absolute atomic E-state index is 11.7. The molecule has 0 spiro atoms. The fraction of sp³-hybridized carbons (Fsp3) is 0.296. The van der Waals surface area contributed by atoms with Crippen molar-refractivity contribution in [2.45, 2.75) is 88.4 Å². The van der Waals surface area contributed by atoms with E-state index in [9.17, 15) is 10.6 Å². The molecular formula is C54H55N3O8. The highest BCUT2D eigenvalue weighted by atomic mass is 16.7. The lowest BCUT2D eigenvalue weighted by atomic mass is 9.97. The smallest absolute Gasteiger partial charge is 0.186 e. The summed E-state index contributed by atoms with van der Waals surface area (Å²) < 4.78 is 46.7. The number of azide groups is 1. The number of ether oxygens (including phenoxy) is 7. The van der Waals surface area contributed by atoms with Crippen LogP contribution in [0.25, 0.3) is 10.4 Å². The van der Waals surface area contributed by atoms with Crippen LogP contribution in [0.3, 0.4) is 0 Å². The number of rotatable bonds is 23. The maximum Gasteiger partial charge on any atom is 0.186 e. The van der Waals surface area contributed by atoms with Gasteiger partial charge in [0.15, 0.2) is 6.29 Å². The van der Waals surface area contributed by atoms with Gasteiger partial charge >= 0.3 is 0 Å². The SMILES string of the molecule is [N-]=[N+]=N[C@@H](CO[C@H]1O[C@H](COCc2ccccc2)[C@H](OCc2ccccc2)[C@H](OCc2ccccc2)[C@H]1OCc1ccccc1)[C@H](OCc1ccccc1)[C@H](O)C#CCc1ccccc1. The molecule has 0 amide bonds. The molecular weight excluding hydrogens is 819 g/mol. The van der Waals surface area contributed by atoms with E-state index in [2.05, 4.69) is 21.9 Å². The first-order valence-corrected chi connectivity index (χ1v) is 21.9. The van der Waals surface area contributed by atoms with Crippen LogP contribution in [0, 0.1) is 11.8 Å². The zero-order valence-corrected chi connectivity index (χ0v) is 36.2. The third-order valence-corrected chi connectivity index (χ3v) is 10.8. The number of benzene rings is 6. The molecule has 1 aliphatic rings. The zero-order valence-electron chi connectivity index (χ0n) is 36.2. The van der Waals surface area contributed by atoms with Crippen molar-refractivity contribution in [3.8, 4) is 11.8 Å². The largest absolute Gasteiger partial charge is 0.378 e. The topological polar surface area (TPSA) is 134 Å². The van der Waals surface area contributed by atoms with Crippen LogP contribution in [-0.4, -0.2) is 67.3 Å². The second kappa shape index (κ2) is 26.0. The summed E-state index contributed by atoms with van der Waals surface area (Å²) in [5, 5.41) is 15.8. The molecule has 0 radical (unpaired) electrons. The van der Waals surface area contributed by atoms with E-state index in [0.717, 1.165) is 33.4 Å². The van der Waals surface area contributed by atoms with Crippen LogP contribution in [-0.2, 0) is 72.6 Å². The minimum atomic E-state index is -1.34. The lowest BCUT2D eigenvalue weighted by Crippen LogP contribution is -2.62. The van der Waals surface area contributed by atoms with Crippen molar-refractivity contribution in [3.63, 3.8) is 0 Å². The Balaban J connectivity index is 1.20. The fourth-order valence-electron chi connectivity index (χ4n) is 7.45. The highest BCUT2D eigenvalue weighted by Crippen LogP contribution is 2.32. The maximum atomic E-state index is 11.7. The number of nitrogens with zero attached hydrogens (tertiary/aromatic N) is 3. The molecule has 6 aromatic carbocycles. The van der Waals surface area contributed by atoms with Gasteiger partial charge in [-0.15, -0.1) is 0 Å². The van der Waals surface area contributed by atoms with E-state index in [-0.39, 0.29) is 39.6 Å². The molecule has 7 rings (SSSR count). The van der Waals surface area contributed by atoms with E-state index in [0.29, 0.717) is 13.0 Å². The van der Waals surface area contributed by atoms with Crippen LogP contribution in [0.15, 0.2) is 187 Å². The van der Waals surface area contributed by atoms with E-state index in [1.807, 2.05) is 182 Å². The first-order chi connectivity index (χ1) is 32.1. The standard InChI is InChI=1S/C54H55N3O8/c55-57-56-47(50(60-35-43-24-11-3-12-25-43)48(58)33-19-32-41-20-7-1-8-21-41)39-64-54-53(63-38-46-30-17-6-18-31-46)52(62-37-45-28-15-5-16-29-45)51(61-36-44-26-13-4-14-27-44)49(65-54)40-59-34-42-22-9-2-10-23-42/h1-18,20-31,47-54,58H,32,34-40H2/t47-,48+,49+,50-,51-,52-,53+,54-/m0/s1. The van der Waals surface area contributed by atoms with Crippen molar-refractivity contribution in [1.82, 2.24) is 0 Å². The molecule has 0 unspecified atom stereocenters. The van der Waals surface area contributed by atoms with E-state index in [1.54, 1.807) is 0 Å². The third kappa shape index (κ3) is 15.0. The Kier molecular flexibility index (Phi) is 18.7. The molecule has 8 atom stereocenters. The minimum absolute atomic E-state index is 0.125. The lowest BCUT2D eigenvalue weighted by molar-refractivity contribution is -0.329. The molecule has 334 valence electrons. The van der Waals surface area contributed by atoms with Crippen molar-refractivity contribution in [1.29, 1.82) is 0 Å². The van der Waals surface area contributed by atoms with Gasteiger partial charge in [-0.3, -0.25) is 0 Å². The van der Waals surface area contributed by atoms with Crippen molar-refractivity contribution in [2.24, 2.45) is 5.11 Å². The third-order valence-electron chi connectivity index (χ3n) is 10.8. The minimum Gasteiger partial charge on any atom is -0.378 e. The molecule has 1 aliphatic heterocycles. The van der Waals surface area contributed by atoms with Gasteiger partial charge in [-0.25, -0.2) is 0 Å². The predicted octanol–water partition coefficient (Wildman–Crippen LogP) is 9.57. The quantitative estimate of drug-likeness (QED) is 0.0291. The first-order valence-electron chi connectivity index (χ1n) is 21.9. The molecule has 1 fully saturated rings. The highest BCUT2D eigenvalue weighted by Gasteiger charge is 2.49. The van der Waals surface area contributed by atoms with Gasteiger partial charge in [0.05, 0.1) is 52.3 Å². The van der Waals surface area contributed by atoms with Crippen LogP contribution in [0.5, 0.6) is 0 Å². The molecule has 6 aromatic rings. The monoisotopic (exact) mass is 873 g/mol. The normalized spacial score (nSPS) is 19.5. The van der Waals surface area contributed by atoms with Crippen molar-refractivity contribution in [3.05, 3.63) is 226 Å². The predicted molar refractivity (Wildman–Crippen MR) is 248 cm³/mol. The molecule has 11 heteroatoms. The molecule has 65 heavy (non-hydrogen) atoms. The van der Waals surface area contributed by atoms with Crippen LogP contribution in [0.2, 0.25) is 0 Å². The number of aliphatic hydroxyl groups is 1. The number of hydrogen-bond donors (Lipinski definition) is 1. The van der Waals surface area contributed by atoms with Crippen molar-refractivity contribution < 1.29 is 38.3 Å². The summed E-state index contributed by atoms with van der Waals surface area (Å²) in [6.07, 6.45) is -6.11. The molecule has 0 bridgehead atoms. The van der Waals surface area contributed by atoms with Gasteiger partial charge in [0.1, 0.15) is 36.6 Å². The lowest BCUT2D eigenvalue weighted by Gasteiger charge is -2.46. The van der Waals surface area contributed by atoms with Gasteiger partial charge in [-0.1, -0.05) is 199 Å². The molecule has 0 aliphatic carbocycles. The van der Waals surface area contributed by atoms with Gasteiger partial charge in [-0.2, -0.15) is 0 Å². The Labute approximate surface area is 381 Å². The second-order valence-electron chi connectivity index (χ2n) is 15.6. The Hall–Kier alpha value is -6.13. The van der Waals surface area contributed by atoms with Crippen LogP contribution >= 0.6 is 0 Å². The molecule has 1 heterocycles. The van der Waals surface area contributed by atoms with Crippen molar-refractivity contribution in [2.75, 3.05) is 13.2 Å². The number of hydrogen-bond acceptors (Lipinski definition) is 9. The van der Waals surface area contributed by atoms with E-state index >= 15 is 0 Å². The Morgan fingerprint density at radius 3 is 1.46 bits per heavy atom. The zero-order chi connectivity index (χ0) is 44.7. The Bertz CT molecular complexity index is 2350. The fourth-order valence-corrected chi connectivity index (χ4v) is 7.45. The van der Waals surface area contributed by atoms with E-state index in [4.69, 9.17) is 33.2 Å². The van der Waals surface area contributed by atoms with Crippen molar-refractivity contribution >= 4 is 0 Å². The summed E-state index contributed by atoms with van der Waals surface area (Å²) in [5.74, 6) is 6.02. The van der Waals surface area contributed by atoms with Crippen LogP contribution in [0.1, 0.15) is 33.4 Å². The van der Waals surface area contributed by atoms with Gasteiger partial charge in [-0.05, 0) is 38.9 Å². The highest BCUT2D eigenvalue weighted by molar-refractivity contribution is 5.23. The van der Waals surface area contributed by atoms with Gasteiger partial charge < -0.3 is 38.3 Å². The van der Waals surface area contributed by atoms with Gasteiger partial charge in [0.2, 0.25) is 0 Å². The molecule has 1 saturated heterocycles. The summed E-state index contributed by atoms with van der Waals surface area (Å²) in [5.41, 5.74) is 15.7. The Morgan fingerprint density at radius 2 is 0.969 bits per heavy atom. The van der Waals surface area contributed by atoms with Crippen LogP contribution < -0.4 is 0 Å². The van der Waals surface area contributed by atoms with Gasteiger partial charge in [0, 0.05) is 11.3 Å². The average molecular weight is 874 g/mol. The second-order valence-corrected chi connectivity index (χ2v) is 15.6. The average Bonchev–Trinajstić information content (AvgIpc) is 3.36. The molecule has 1 N–H and O–H groups in total. The number of aliphatic hydroxyl groups excluding tert-OH is 1. The summed E-state index contributed by atoms with van der Waals surface area (Å²) >= 11 is 0. The summed E-state index contributed by atoms with van der Waals surface area (Å²) in [4.78, 5) is 3.18. The summed E-state index contributed by atoms with van der Waals surface area (Å²) in [6, 6.07) is 57.8. The van der Waals surface area contributed by atoms with E-state index in [1.165, 1.54) is 0 Å². The Morgan fingerprint density at radius 1 is 0.538 bits per heavy atom. The summed E-state index contributed by atoms with van der Waals surface area (Å²) in [7, 11) is 0. The molecule has 0 aromatic heterocycles. The van der Waals surface area contributed by atoms with Gasteiger partial charge in [0.25, 0.3) is 0 Å². The molecule has 0 saturated carbocycles. The van der Waals surface area contributed by atoms with Crippen LogP contribution in [0.4, 0.5) is 0 Å².